The lowest BCUT2D eigenvalue weighted by Crippen LogP contribution is -2.33. The minimum absolute atomic E-state index is 0.452. The Morgan fingerprint density at radius 3 is 2.84 bits per heavy atom. The van der Waals surface area contributed by atoms with E-state index in [4.69, 9.17) is 5.11 Å². The lowest BCUT2D eigenvalue weighted by Gasteiger charge is -2.24. The largest absolute Gasteiger partial charge is 0.465 e. The minimum Gasteiger partial charge on any atom is -0.465 e. The maximum Gasteiger partial charge on any atom is 0.407 e. The first-order chi connectivity index (χ1) is 9.25. The molecule has 0 radical (unpaired) electrons. The van der Waals surface area contributed by atoms with Crippen LogP contribution in [0.15, 0.2) is 42.7 Å². The molecule has 2 heterocycles. The lowest BCUT2D eigenvalue weighted by atomic mass is 9.96. The van der Waals surface area contributed by atoms with Crippen LogP contribution in [0.25, 0.3) is 16.3 Å². The maximum atomic E-state index is 10.9. The van der Waals surface area contributed by atoms with E-state index in [0.29, 0.717) is 13.1 Å². The molecule has 1 amide bonds. The first kappa shape index (κ1) is 11.7. The van der Waals surface area contributed by atoms with Crippen molar-refractivity contribution in [1.82, 2.24) is 9.88 Å². The van der Waals surface area contributed by atoms with Gasteiger partial charge >= 0.3 is 6.09 Å². The Balaban J connectivity index is 2.00. The normalized spacial score (nSPS) is 15.4. The van der Waals surface area contributed by atoms with Crippen LogP contribution in [-0.4, -0.2) is 34.2 Å². The molecule has 1 aliphatic rings. The Morgan fingerprint density at radius 2 is 2.11 bits per heavy atom. The van der Waals surface area contributed by atoms with Crippen LogP contribution in [0.4, 0.5) is 4.79 Å². The Labute approximate surface area is 111 Å². The zero-order valence-electron chi connectivity index (χ0n) is 10.4. The monoisotopic (exact) mass is 254 g/mol. The Morgan fingerprint density at radius 1 is 1.26 bits per heavy atom. The van der Waals surface area contributed by atoms with Crippen LogP contribution in [0.2, 0.25) is 0 Å². The van der Waals surface area contributed by atoms with Crippen LogP contribution in [-0.2, 0) is 0 Å². The van der Waals surface area contributed by atoms with Crippen molar-refractivity contribution in [3.8, 4) is 0 Å². The van der Waals surface area contributed by atoms with Crippen molar-refractivity contribution in [3.63, 3.8) is 0 Å². The van der Waals surface area contributed by atoms with Gasteiger partial charge in [-0.3, -0.25) is 4.98 Å². The summed E-state index contributed by atoms with van der Waals surface area (Å²) in [5.41, 5.74) is 2.30. The SMILES string of the molecule is O=C(O)N1CC=C(c2cncc3ccccc23)CC1. The molecule has 4 nitrogen and oxygen atoms in total. The molecule has 2 aromatic rings. The molecule has 3 rings (SSSR count). The van der Waals surface area contributed by atoms with Gasteiger partial charge in [-0.25, -0.2) is 4.79 Å². The zero-order valence-corrected chi connectivity index (χ0v) is 10.4. The average molecular weight is 254 g/mol. The van der Waals surface area contributed by atoms with Gasteiger partial charge in [-0.05, 0) is 17.4 Å². The summed E-state index contributed by atoms with van der Waals surface area (Å²) in [5, 5.41) is 11.2. The number of pyridine rings is 1. The van der Waals surface area contributed by atoms with Crippen molar-refractivity contribution < 1.29 is 9.90 Å². The van der Waals surface area contributed by atoms with Gasteiger partial charge in [0.05, 0.1) is 0 Å². The Bertz CT molecular complexity index is 659. The predicted molar refractivity (Wildman–Crippen MR) is 73.9 cm³/mol. The van der Waals surface area contributed by atoms with Crippen molar-refractivity contribution in [2.45, 2.75) is 6.42 Å². The van der Waals surface area contributed by atoms with Gasteiger partial charge in [0.15, 0.2) is 0 Å². The van der Waals surface area contributed by atoms with Gasteiger partial charge in [0.25, 0.3) is 0 Å². The highest BCUT2D eigenvalue weighted by molar-refractivity contribution is 5.93. The number of hydrogen-bond acceptors (Lipinski definition) is 2. The number of rotatable bonds is 1. The molecule has 1 aliphatic heterocycles. The number of aromatic nitrogens is 1. The Hall–Kier alpha value is -2.36. The number of amides is 1. The molecule has 19 heavy (non-hydrogen) atoms. The van der Waals surface area contributed by atoms with E-state index >= 15 is 0 Å². The summed E-state index contributed by atoms with van der Waals surface area (Å²) in [6, 6.07) is 8.13. The number of fused-ring (bicyclic) bond motifs is 1. The molecule has 0 saturated carbocycles. The summed E-state index contributed by atoms with van der Waals surface area (Å²) >= 11 is 0. The van der Waals surface area contributed by atoms with Crippen LogP contribution in [0.5, 0.6) is 0 Å². The van der Waals surface area contributed by atoms with Crippen LogP contribution < -0.4 is 0 Å². The molecular weight excluding hydrogens is 240 g/mol. The lowest BCUT2D eigenvalue weighted by molar-refractivity contribution is 0.150. The van der Waals surface area contributed by atoms with E-state index in [2.05, 4.69) is 11.1 Å². The molecular formula is C15H14N2O2. The van der Waals surface area contributed by atoms with Gasteiger partial charge in [0, 0.05) is 36.4 Å². The van der Waals surface area contributed by atoms with Crippen molar-refractivity contribution in [1.29, 1.82) is 0 Å². The van der Waals surface area contributed by atoms with Crippen molar-refractivity contribution in [3.05, 3.63) is 48.3 Å². The van der Waals surface area contributed by atoms with Crippen LogP contribution in [0.3, 0.4) is 0 Å². The molecule has 1 N–H and O–H groups in total. The van der Waals surface area contributed by atoms with E-state index in [1.807, 2.05) is 36.7 Å². The van der Waals surface area contributed by atoms with Gasteiger partial charge < -0.3 is 10.0 Å². The third-order valence-corrected chi connectivity index (χ3v) is 3.49. The summed E-state index contributed by atoms with van der Waals surface area (Å²) in [5.74, 6) is 0. The second kappa shape index (κ2) is 4.72. The highest BCUT2D eigenvalue weighted by Crippen LogP contribution is 2.28. The van der Waals surface area contributed by atoms with Gasteiger partial charge in [-0.1, -0.05) is 30.3 Å². The zero-order chi connectivity index (χ0) is 13.2. The quantitative estimate of drug-likeness (QED) is 0.851. The summed E-state index contributed by atoms with van der Waals surface area (Å²) in [6.07, 6.45) is 5.59. The number of carboxylic acid groups (broad SMARTS) is 1. The molecule has 0 spiro atoms. The van der Waals surface area contributed by atoms with E-state index < -0.39 is 6.09 Å². The molecule has 1 aromatic heterocycles. The number of benzene rings is 1. The van der Waals surface area contributed by atoms with Crippen molar-refractivity contribution in [2.24, 2.45) is 0 Å². The van der Waals surface area contributed by atoms with Crippen molar-refractivity contribution in [2.75, 3.05) is 13.1 Å². The third-order valence-electron chi connectivity index (χ3n) is 3.49. The number of carbonyl (C=O) groups is 1. The molecule has 0 atom stereocenters. The fraction of sp³-hybridized carbons (Fsp3) is 0.200. The fourth-order valence-electron chi connectivity index (χ4n) is 2.46. The summed E-state index contributed by atoms with van der Waals surface area (Å²) in [7, 11) is 0. The number of nitrogens with zero attached hydrogens (tertiary/aromatic N) is 2. The molecule has 0 aliphatic carbocycles. The second-order valence-corrected chi connectivity index (χ2v) is 4.62. The second-order valence-electron chi connectivity index (χ2n) is 4.62. The maximum absolute atomic E-state index is 10.9. The molecule has 0 saturated heterocycles. The van der Waals surface area contributed by atoms with Crippen molar-refractivity contribution >= 4 is 22.4 Å². The molecule has 0 bridgehead atoms. The van der Waals surface area contributed by atoms with Gasteiger partial charge in [-0.15, -0.1) is 0 Å². The average Bonchev–Trinajstić information content (AvgIpc) is 2.47. The van der Waals surface area contributed by atoms with E-state index in [1.54, 1.807) is 0 Å². The number of hydrogen-bond donors (Lipinski definition) is 1. The smallest absolute Gasteiger partial charge is 0.407 e. The highest BCUT2D eigenvalue weighted by atomic mass is 16.4. The topological polar surface area (TPSA) is 53.4 Å². The van der Waals surface area contributed by atoms with Gasteiger partial charge in [0.2, 0.25) is 0 Å². The summed E-state index contributed by atoms with van der Waals surface area (Å²) in [6.45, 7) is 0.998. The van der Waals surface area contributed by atoms with E-state index in [0.717, 1.165) is 17.4 Å². The summed E-state index contributed by atoms with van der Waals surface area (Å²) < 4.78 is 0. The molecule has 0 unspecified atom stereocenters. The standard InChI is InChI=1S/C15H14N2O2/c18-15(19)17-7-5-11(6-8-17)14-10-16-9-12-3-1-2-4-13(12)14/h1-5,9-10H,6-8H2,(H,18,19). The first-order valence-electron chi connectivity index (χ1n) is 6.26. The minimum atomic E-state index is -0.855. The van der Waals surface area contributed by atoms with Crippen LogP contribution in [0.1, 0.15) is 12.0 Å². The van der Waals surface area contributed by atoms with Crippen LogP contribution >= 0.6 is 0 Å². The van der Waals surface area contributed by atoms with E-state index in [-0.39, 0.29) is 0 Å². The molecule has 1 aromatic carbocycles. The van der Waals surface area contributed by atoms with E-state index in [9.17, 15) is 4.79 Å². The molecule has 4 heteroatoms. The third kappa shape index (κ3) is 2.17. The first-order valence-corrected chi connectivity index (χ1v) is 6.26. The fourth-order valence-corrected chi connectivity index (χ4v) is 2.46. The van der Waals surface area contributed by atoms with E-state index in [1.165, 1.54) is 15.9 Å². The molecule has 96 valence electrons. The highest BCUT2D eigenvalue weighted by Gasteiger charge is 2.17. The van der Waals surface area contributed by atoms with Gasteiger partial charge in [-0.2, -0.15) is 0 Å². The molecule has 0 fully saturated rings. The van der Waals surface area contributed by atoms with Crippen LogP contribution in [0, 0.1) is 0 Å². The summed E-state index contributed by atoms with van der Waals surface area (Å²) in [4.78, 5) is 16.6. The Kier molecular flexibility index (Phi) is 2.91. The van der Waals surface area contributed by atoms with Gasteiger partial charge in [0.1, 0.15) is 0 Å². The predicted octanol–water partition coefficient (Wildman–Crippen LogP) is 3.00.